The second-order valence-corrected chi connectivity index (χ2v) is 14.1. The van der Waals surface area contributed by atoms with Crippen LogP contribution in [0.25, 0.3) is 32.5 Å². The van der Waals surface area contributed by atoms with Crippen LogP contribution in [0.4, 0.5) is 10.1 Å². The largest absolute Gasteiger partial charge is 0.456 e. The van der Waals surface area contributed by atoms with E-state index in [2.05, 4.69) is 10.3 Å². The number of aromatic nitrogens is 1. The van der Waals surface area contributed by atoms with Crippen molar-refractivity contribution < 1.29 is 22.3 Å². The highest BCUT2D eigenvalue weighted by atomic mass is 32.2. The number of aliphatic hydroxyl groups excluding tert-OH is 1. The molecule has 2 aromatic heterocycles. The summed E-state index contributed by atoms with van der Waals surface area (Å²) in [5.74, 6) is 0.00648. The highest BCUT2D eigenvalue weighted by Crippen LogP contribution is 2.44. The van der Waals surface area contributed by atoms with E-state index in [9.17, 15) is 17.9 Å². The summed E-state index contributed by atoms with van der Waals surface area (Å²) in [6, 6.07) is 15.0. The molecule has 0 bridgehead atoms. The van der Waals surface area contributed by atoms with Gasteiger partial charge in [-0.1, -0.05) is 11.9 Å². The molecule has 0 spiro atoms. The van der Waals surface area contributed by atoms with E-state index in [0.29, 0.717) is 42.0 Å². The number of piperidine rings is 1. The van der Waals surface area contributed by atoms with E-state index in [1.807, 2.05) is 29.7 Å². The average Bonchev–Trinajstić information content (AvgIpc) is 3.64. The van der Waals surface area contributed by atoms with E-state index in [0.717, 1.165) is 33.3 Å². The predicted molar refractivity (Wildman–Crippen MR) is 168 cm³/mol. The fourth-order valence-corrected chi connectivity index (χ4v) is 8.35. The number of rotatable bonds is 8. The number of benzene rings is 3. The highest BCUT2D eigenvalue weighted by molar-refractivity contribution is 7.99. The van der Waals surface area contributed by atoms with Gasteiger partial charge in [-0.05, 0) is 79.9 Å². The van der Waals surface area contributed by atoms with Gasteiger partial charge in [-0.2, -0.15) is 4.31 Å². The Hall–Kier alpha value is -3.00. The van der Waals surface area contributed by atoms with Crippen LogP contribution in [0.15, 0.2) is 69.4 Å². The van der Waals surface area contributed by atoms with Crippen molar-refractivity contribution in [1.82, 2.24) is 14.6 Å². The quantitative estimate of drug-likeness (QED) is 0.152. The van der Waals surface area contributed by atoms with Gasteiger partial charge in [0.1, 0.15) is 23.4 Å². The van der Waals surface area contributed by atoms with Crippen LogP contribution in [0.3, 0.4) is 0 Å². The molecule has 220 valence electrons. The highest BCUT2D eigenvalue weighted by Gasteiger charge is 2.33. The third kappa shape index (κ3) is 5.20. The Balaban J connectivity index is 1.44. The monoisotopic (exact) mass is 626 g/mol. The van der Waals surface area contributed by atoms with Crippen molar-refractivity contribution in [3.05, 3.63) is 77.1 Å². The van der Waals surface area contributed by atoms with Gasteiger partial charge in [0.25, 0.3) is 0 Å². The first-order chi connectivity index (χ1) is 20.2. The molecular formula is C30H31FN4O4S3. The molecule has 0 aliphatic carbocycles. The molecule has 1 saturated heterocycles. The maximum absolute atomic E-state index is 13.8. The molecule has 1 aliphatic heterocycles. The topological polar surface area (TPSA) is 98.9 Å². The van der Waals surface area contributed by atoms with Crippen LogP contribution in [-0.2, 0) is 10.0 Å². The van der Waals surface area contributed by atoms with Crippen molar-refractivity contribution in [1.29, 1.82) is 0 Å². The molecule has 0 saturated carbocycles. The minimum atomic E-state index is -3.72. The smallest absolute Gasteiger partial charge is 0.243 e. The third-order valence-electron chi connectivity index (χ3n) is 7.91. The molecule has 5 aromatic rings. The number of hydrogen-bond acceptors (Lipinski definition) is 9. The van der Waals surface area contributed by atoms with Crippen molar-refractivity contribution >= 4 is 60.2 Å². The van der Waals surface area contributed by atoms with Gasteiger partial charge < -0.3 is 13.8 Å². The molecule has 6 rings (SSSR count). The summed E-state index contributed by atoms with van der Waals surface area (Å²) in [5.41, 5.74) is 6.17. The van der Waals surface area contributed by atoms with E-state index in [4.69, 9.17) is 4.42 Å². The van der Waals surface area contributed by atoms with Crippen molar-refractivity contribution in [2.75, 3.05) is 37.7 Å². The van der Waals surface area contributed by atoms with Gasteiger partial charge in [0.2, 0.25) is 10.0 Å². The SMILES string of the molecule is CNC(O)c1c(-c2ccc(F)cc2)oc2cc(N(C)SC)c(C3CCCN(S(=O)(=O)c4ccc5ncsc5c4)C3)cc12. The molecule has 0 radical (unpaired) electrons. The Labute approximate surface area is 252 Å². The van der Waals surface area contributed by atoms with Crippen molar-refractivity contribution in [2.24, 2.45) is 0 Å². The molecule has 3 aromatic carbocycles. The lowest BCUT2D eigenvalue weighted by atomic mass is 9.89. The van der Waals surface area contributed by atoms with Gasteiger partial charge in [0.05, 0.1) is 26.3 Å². The third-order valence-corrected chi connectivity index (χ3v) is 11.3. The predicted octanol–water partition coefficient (Wildman–Crippen LogP) is 6.34. The Morgan fingerprint density at radius 1 is 1.21 bits per heavy atom. The maximum atomic E-state index is 13.8. The number of aliphatic hydroxyl groups is 1. The van der Waals surface area contributed by atoms with E-state index in [-0.39, 0.29) is 16.6 Å². The fraction of sp³-hybridized carbons (Fsp3) is 0.300. The van der Waals surface area contributed by atoms with Gasteiger partial charge in [0, 0.05) is 49.0 Å². The molecule has 2 unspecified atom stereocenters. The molecular weight excluding hydrogens is 596 g/mol. The number of furan rings is 1. The van der Waals surface area contributed by atoms with Crippen LogP contribution in [0, 0.1) is 5.82 Å². The Bertz CT molecular complexity index is 1860. The second-order valence-electron chi connectivity index (χ2n) is 10.3. The van der Waals surface area contributed by atoms with Crippen molar-refractivity contribution in [3.8, 4) is 11.3 Å². The van der Waals surface area contributed by atoms with Gasteiger partial charge in [-0.3, -0.25) is 5.32 Å². The fourth-order valence-electron chi connectivity index (χ4n) is 5.66. The lowest BCUT2D eigenvalue weighted by Crippen LogP contribution is -2.39. The zero-order valence-electron chi connectivity index (χ0n) is 23.4. The Morgan fingerprint density at radius 3 is 2.74 bits per heavy atom. The summed E-state index contributed by atoms with van der Waals surface area (Å²) in [6.45, 7) is 0.774. The normalized spacial score (nSPS) is 17.2. The van der Waals surface area contributed by atoms with Gasteiger partial charge in [-0.25, -0.2) is 17.8 Å². The van der Waals surface area contributed by atoms with Gasteiger partial charge >= 0.3 is 0 Å². The Morgan fingerprint density at radius 2 is 2.00 bits per heavy atom. The molecule has 3 heterocycles. The van der Waals surface area contributed by atoms with E-state index < -0.39 is 16.3 Å². The molecule has 1 fully saturated rings. The first-order valence-electron chi connectivity index (χ1n) is 13.5. The van der Waals surface area contributed by atoms with Crippen molar-refractivity contribution in [3.63, 3.8) is 0 Å². The number of hydrogen-bond donors (Lipinski definition) is 2. The number of halogens is 1. The van der Waals surface area contributed by atoms with Crippen molar-refractivity contribution in [2.45, 2.75) is 29.9 Å². The average molecular weight is 627 g/mol. The molecule has 2 atom stereocenters. The number of anilines is 1. The van der Waals surface area contributed by atoms with Crippen LogP contribution in [0.2, 0.25) is 0 Å². The zero-order valence-corrected chi connectivity index (χ0v) is 25.8. The van der Waals surface area contributed by atoms with Crippen LogP contribution in [0.5, 0.6) is 0 Å². The summed E-state index contributed by atoms with van der Waals surface area (Å²) < 4.78 is 52.1. The molecule has 0 amide bonds. The second kappa shape index (κ2) is 11.6. The summed E-state index contributed by atoms with van der Waals surface area (Å²) in [7, 11) is -0.103. The van der Waals surface area contributed by atoms with Gasteiger partial charge in [-0.15, -0.1) is 11.3 Å². The van der Waals surface area contributed by atoms with E-state index >= 15 is 0 Å². The van der Waals surface area contributed by atoms with E-state index in [1.54, 1.807) is 59.1 Å². The van der Waals surface area contributed by atoms with Gasteiger partial charge in [0.15, 0.2) is 0 Å². The lowest BCUT2D eigenvalue weighted by molar-refractivity contribution is 0.150. The number of nitrogens with one attached hydrogen (secondary N) is 1. The minimum Gasteiger partial charge on any atom is -0.456 e. The summed E-state index contributed by atoms with van der Waals surface area (Å²) in [5, 5.41) is 14.6. The Kier molecular flexibility index (Phi) is 8.03. The van der Waals surface area contributed by atoms with E-state index in [1.165, 1.54) is 23.5 Å². The summed E-state index contributed by atoms with van der Waals surface area (Å²) in [6.07, 6.45) is 2.47. The van der Waals surface area contributed by atoms with Crippen LogP contribution >= 0.6 is 23.3 Å². The number of fused-ring (bicyclic) bond motifs is 2. The zero-order chi connectivity index (χ0) is 29.6. The number of nitrogens with zero attached hydrogens (tertiary/aromatic N) is 3. The standard InChI is InChI=1S/C30H31FN4O4S3/c1-32-30(36)28-23-14-22(25(34(2)40-3)15-26(23)39-29(28)18-6-8-20(31)9-7-18)19-5-4-12-35(16-19)42(37,38)21-10-11-24-27(13-21)41-17-33-24/h6-11,13-15,17,19,30,32,36H,4-5,12,16H2,1-3H3. The first-order valence-corrected chi connectivity index (χ1v) is 17.0. The molecule has 8 nitrogen and oxygen atoms in total. The summed E-state index contributed by atoms with van der Waals surface area (Å²) >= 11 is 2.96. The van der Waals surface area contributed by atoms with Crippen LogP contribution < -0.4 is 9.62 Å². The number of thiazole rings is 1. The maximum Gasteiger partial charge on any atom is 0.243 e. The first kappa shape index (κ1) is 29.1. The minimum absolute atomic E-state index is 0.0848. The molecule has 42 heavy (non-hydrogen) atoms. The van der Waals surface area contributed by atoms with Crippen LogP contribution in [-0.4, -0.2) is 56.3 Å². The summed E-state index contributed by atoms with van der Waals surface area (Å²) in [4.78, 5) is 4.55. The lowest BCUT2D eigenvalue weighted by Gasteiger charge is -2.34. The number of sulfonamides is 1. The molecule has 2 N–H and O–H groups in total. The molecule has 1 aliphatic rings. The van der Waals surface area contributed by atoms with Crippen LogP contribution in [0.1, 0.15) is 36.1 Å². The molecule has 12 heteroatoms.